The molecule has 14 heavy (non-hydrogen) atoms. The molecule has 78 valence electrons. The van der Waals surface area contributed by atoms with Gasteiger partial charge in [0.25, 0.3) is 0 Å². The van der Waals surface area contributed by atoms with E-state index in [1.54, 1.807) is 0 Å². The summed E-state index contributed by atoms with van der Waals surface area (Å²) >= 11 is 4.92. The molecule has 1 aliphatic rings. The Morgan fingerprint density at radius 1 is 1.50 bits per heavy atom. The van der Waals surface area contributed by atoms with Crippen molar-refractivity contribution in [3.63, 3.8) is 0 Å². The van der Waals surface area contributed by atoms with Gasteiger partial charge in [-0.1, -0.05) is 0 Å². The lowest BCUT2D eigenvalue weighted by Gasteiger charge is -2.22. The van der Waals surface area contributed by atoms with Crippen LogP contribution in [-0.4, -0.2) is 40.7 Å². The summed E-state index contributed by atoms with van der Waals surface area (Å²) < 4.78 is 12.4. The van der Waals surface area contributed by atoms with Gasteiger partial charge in [-0.15, -0.1) is 0 Å². The van der Waals surface area contributed by atoms with Gasteiger partial charge < -0.3 is 9.47 Å². The van der Waals surface area contributed by atoms with Crippen LogP contribution in [0.4, 0.5) is 0 Å². The van der Waals surface area contributed by atoms with Gasteiger partial charge in [-0.2, -0.15) is 0 Å². The second-order valence-corrected chi connectivity index (χ2v) is 3.43. The number of hydrogen-bond donors (Lipinski definition) is 2. The third-order valence-corrected chi connectivity index (χ3v) is 2.36. The van der Waals surface area contributed by atoms with Gasteiger partial charge in [0.15, 0.2) is 4.77 Å². The SMILES string of the molecule is O=c1[nH][nH]c(=S)n1CC1COCCO1. The van der Waals surface area contributed by atoms with Crippen LogP contribution in [0, 0.1) is 4.77 Å². The number of hydrogen-bond acceptors (Lipinski definition) is 4. The molecule has 0 aliphatic carbocycles. The minimum Gasteiger partial charge on any atom is -0.376 e. The second-order valence-electron chi connectivity index (χ2n) is 3.04. The van der Waals surface area contributed by atoms with Crippen molar-refractivity contribution in [2.24, 2.45) is 0 Å². The van der Waals surface area contributed by atoms with Crippen LogP contribution in [0.5, 0.6) is 0 Å². The lowest BCUT2D eigenvalue weighted by molar-refractivity contribution is -0.0939. The van der Waals surface area contributed by atoms with E-state index in [0.29, 0.717) is 31.1 Å². The van der Waals surface area contributed by atoms with Gasteiger partial charge in [-0.25, -0.2) is 9.89 Å². The molecule has 1 atom stereocenters. The monoisotopic (exact) mass is 217 g/mol. The summed E-state index contributed by atoms with van der Waals surface area (Å²) in [6, 6.07) is 0. The molecule has 2 N–H and O–H groups in total. The maximum atomic E-state index is 11.2. The Morgan fingerprint density at radius 3 is 2.93 bits per heavy atom. The lowest BCUT2D eigenvalue weighted by Crippen LogP contribution is -2.35. The van der Waals surface area contributed by atoms with Crippen molar-refractivity contribution in [1.82, 2.24) is 14.8 Å². The summed E-state index contributed by atoms with van der Waals surface area (Å²) in [5.41, 5.74) is -0.246. The van der Waals surface area contributed by atoms with Crippen LogP contribution in [0.3, 0.4) is 0 Å². The Balaban J connectivity index is 2.09. The van der Waals surface area contributed by atoms with Gasteiger partial charge in [0, 0.05) is 0 Å². The summed E-state index contributed by atoms with van der Waals surface area (Å²) in [6.45, 7) is 2.12. The van der Waals surface area contributed by atoms with E-state index in [0.717, 1.165) is 0 Å². The van der Waals surface area contributed by atoms with Gasteiger partial charge >= 0.3 is 5.69 Å². The number of aromatic nitrogens is 3. The normalized spacial score (nSPS) is 22.4. The van der Waals surface area contributed by atoms with E-state index in [-0.39, 0.29) is 11.8 Å². The van der Waals surface area contributed by atoms with Gasteiger partial charge in [0.05, 0.1) is 32.5 Å². The summed E-state index contributed by atoms with van der Waals surface area (Å²) in [6.07, 6.45) is -0.0904. The Hall–Kier alpha value is -0.920. The van der Waals surface area contributed by atoms with E-state index in [1.165, 1.54) is 4.57 Å². The van der Waals surface area contributed by atoms with Crippen LogP contribution in [0.2, 0.25) is 0 Å². The minimum atomic E-state index is -0.246. The summed E-state index contributed by atoms with van der Waals surface area (Å²) in [7, 11) is 0. The van der Waals surface area contributed by atoms with E-state index in [2.05, 4.69) is 10.2 Å². The average Bonchev–Trinajstić information content (AvgIpc) is 2.51. The largest absolute Gasteiger partial charge is 0.376 e. The first-order valence-corrected chi connectivity index (χ1v) is 4.75. The zero-order valence-electron chi connectivity index (χ0n) is 7.49. The number of aromatic amines is 2. The molecule has 0 bridgehead atoms. The quantitative estimate of drug-likeness (QED) is 0.664. The van der Waals surface area contributed by atoms with Crippen molar-refractivity contribution >= 4 is 12.2 Å². The third kappa shape index (κ3) is 1.94. The molecule has 1 aromatic heterocycles. The van der Waals surface area contributed by atoms with E-state index < -0.39 is 0 Å². The molecular formula is C7H11N3O3S. The number of ether oxygens (including phenoxy) is 2. The molecule has 1 fully saturated rings. The summed E-state index contributed by atoms with van der Waals surface area (Å²) in [4.78, 5) is 11.2. The Labute approximate surface area is 84.8 Å². The molecule has 1 unspecified atom stereocenters. The highest BCUT2D eigenvalue weighted by Crippen LogP contribution is 2.02. The molecular weight excluding hydrogens is 206 g/mol. The van der Waals surface area contributed by atoms with Crippen molar-refractivity contribution in [3.8, 4) is 0 Å². The molecule has 2 heterocycles. The molecule has 0 amide bonds. The van der Waals surface area contributed by atoms with E-state index >= 15 is 0 Å². The average molecular weight is 217 g/mol. The molecule has 0 aromatic carbocycles. The van der Waals surface area contributed by atoms with Crippen molar-refractivity contribution in [3.05, 3.63) is 15.3 Å². The molecule has 6 nitrogen and oxygen atoms in total. The highest BCUT2D eigenvalue weighted by atomic mass is 32.1. The number of rotatable bonds is 2. The zero-order valence-corrected chi connectivity index (χ0v) is 8.30. The molecule has 1 aromatic rings. The fourth-order valence-corrected chi connectivity index (χ4v) is 1.55. The maximum Gasteiger partial charge on any atom is 0.342 e. The van der Waals surface area contributed by atoms with Crippen molar-refractivity contribution in [2.45, 2.75) is 12.6 Å². The van der Waals surface area contributed by atoms with E-state index in [9.17, 15) is 4.79 Å². The van der Waals surface area contributed by atoms with E-state index in [1.807, 2.05) is 0 Å². The van der Waals surface area contributed by atoms with Crippen molar-refractivity contribution in [2.75, 3.05) is 19.8 Å². The first kappa shape index (κ1) is 9.63. The first-order valence-electron chi connectivity index (χ1n) is 4.34. The number of nitrogens with one attached hydrogen (secondary N) is 2. The zero-order chi connectivity index (χ0) is 9.97. The van der Waals surface area contributed by atoms with Crippen LogP contribution in [-0.2, 0) is 16.0 Å². The van der Waals surface area contributed by atoms with Gasteiger partial charge in [0.1, 0.15) is 0 Å². The molecule has 2 rings (SSSR count). The predicted molar refractivity (Wildman–Crippen MR) is 50.8 cm³/mol. The molecule has 7 heteroatoms. The Bertz CT molecular complexity index is 373. The topological polar surface area (TPSA) is 72.0 Å². The Kier molecular flexibility index (Phi) is 2.80. The van der Waals surface area contributed by atoms with Gasteiger partial charge in [-0.3, -0.25) is 9.67 Å². The molecule has 0 spiro atoms. The van der Waals surface area contributed by atoms with Crippen LogP contribution in [0.25, 0.3) is 0 Å². The standard InChI is InChI=1S/C7H11N3O3S/c11-6-8-9-7(14)10(6)3-5-4-12-1-2-13-5/h5H,1-4H2,(H,8,11)(H,9,14). The van der Waals surface area contributed by atoms with Gasteiger partial charge in [-0.05, 0) is 12.2 Å². The van der Waals surface area contributed by atoms with Crippen molar-refractivity contribution in [1.29, 1.82) is 0 Å². The first-order chi connectivity index (χ1) is 6.77. The Morgan fingerprint density at radius 2 is 2.36 bits per heavy atom. The fourth-order valence-electron chi connectivity index (χ4n) is 1.35. The second kappa shape index (κ2) is 4.07. The van der Waals surface area contributed by atoms with Crippen LogP contribution in [0.15, 0.2) is 4.79 Å². The van der Waals surface area contributed by atoms with Crippen LogP contribution >= 0.6 is 12.2 Å². The molecule has 1 saturated heterocycles. The van der Waals surface area contributed by atoms with Crippen LogP contribution in [0.1, 0.15) is 0 Å². The summed E-state index contributed by atoms with van der Waals surface area (Å²) in [5.74, 6) is 0. The van der Waals surface area contributed by atoms with E-state index in [4.69, 9.17) is 21.7 Å². The number of H-pyrrole nitrogens is 2. The number of nitrogens with zero attached hydrogens (tertiary/aromatic N) is 1. The highest BCUT2D eigenvalue weighted by molar-refractivity contribution is 7.71. The maximum absolute atomic E-state index is 11.2. The molecule has 1 aliphatic heterocycles. The molecule has 0 radical (unpaired) electrons. The van der Waals surface area contributed by atoms with Crippen molar-refractivity contribution < 1.29 is 9.47 Å². The smallest absolute Gasteiger partial charge is 0.342 e. The highest BCUT2D eigenvalue weighted by Gasteiger charge is 2.16. The predicted octanol–water partition coefficient (Wildman–Crippen LogP) is -0.351. The van der Waals surface area contributed by atoms with Gasteiger partial charge in [0.2, 0.25) is 0 Å². The third-order valence-electron chi connectivity index (χ3n) is 2.04. The van der Waals surface area contributed by atoms with Crippen LogP contribution < -0.4 is 5.69 Å². The fraction of sp³-hybridized carbons (Fsp3) is 0.714. The lowest BCUT2D eigenvalue weighted by atomic mass is 10.3. The minimum absolute atomic E-state index is 0.0904. The summed E-state index contributed by atoms with van der Waals surface area (Å²) in [5, 5.41) is 4.98. The molecule has 0 saturated carbocycles.